The Hall–Kier alpha value is -0.710. The first-order valence-corrected chi connectivity index (χ1v) is 7.68. The minimum atomic E-state index is -0.672. The number of esters is 1. The van der Waals surface area contributed by atoms with Crippen LogP contribution in [0.5, 0.6) is 0 Å². The average Bonchev–Trinajstić information content (AvgIpc) is 2.39. The van der Waals surface area contributed by atoms with Crippen molar-refractivity contribution in [3.05, 3.63) is 29.3 Å². The van der Waals surface area contributed by atoms with Gasteiger partial charge >= 0.3 is 5.97 Å². The van der Waals surface area contributed by atoms with Crippen molar-refractivity contribution in [2.75, 3.05) is 18.9 Å². The summed E-state index contributed by atoms with van der Waals surface area (Å²) in [7, 11) is 0. The fourth-order valence-electron chi connectivity index (χ4n) is 1.62. The monoisotopic (exact) mass is 301 g/mol. The molecule has 3 nitrogen and oxygen atoms in total. The van der Waals surface area contributed by atoms with E-state index in [1.807, 2.05) is 45.0 Å². The lowest BCUT2D eigenvalue weighted by Gasteiger charge is -2.27. The number of hydrogen-bond donors (Lipinski definition) is 1. The Kier molecular flexibility index (Phi) is 6.69. The van der Waals surface area contributed by atoms with Crippen molar-refractivity contribution in [3.8, 4) is 0 Å². The van der Waals surface area contributed by atoms with E-state index >= 15 is 0 Å². The van der Waals surface area contributed by atoms with E-state index in [4.69, 9.17) is 16.3 Å². The lowest BCUT2D eigenvalue weighted by molar-refractivity contribution is -0.149. The Morgan fingerprint density at radius 3 is 2.53 bits per heavy atom. The first-order valence-electron chi connectivity index (χ1n) is 6.32. The topological polar surface area (TPSA) is 38.3 Å². The molecule has 1 atom stereocenters. The fourth-order valence-corrected chi connectivity index (χ4v) is 2.75. The standard InChI is InChI=1S/C14H20ClNO2S/c1-4-16-14(3,13(17)18-5-2)10-19-12-8-6-11(15)7-9-12/h6-9,16H,4-5,10H2,1-3H3. The van der Waals surface area contributed by atoms with Crippen LogP contribution in [0.15, 0.2) is 29.2 Å². The Bertz CT molecular complexity index is 410. The van der Waals surface area contributed by atoms with Gasteiger partial charge in [0.2, 0.25) is 0 Å². The number of carbonyl (C=O) groups is 1. The second kappa shape index (κ2) is 7.78. The zero-order valence-corrected chi connectivity index (χ0v) is 13.1. The SMILES string of the molecule is CCNC(C)(CSc1ccc(Cl)cc1)C(=O)OCC. The minimum Gasteiger partial charge on any atom is -0.465 e. The van der Waals surface area contributed by atoms with Gasteiger partial charge in [0, 0.05) is 15.7 Å². The molecule has 0 spiro atoms. The first-order chi connectivity index (χ1) is 9.01. The van der Waals surface area contributed by atoms with Crippen LogP contribution in [-0.4, -0.2) is 30.4 Å². The molecule has 1 rings (SSSR count). The zero-order valence-electron chi connectivity index (χ0n) is 11.5. The largest absolute Gasteiger partial charge is 0.465 e. The number of benzene rings is 1. The predicted molar refractivity (Wildman–Crippen MR) is 80.9 cm³/mol. The number of ether oxygens (including phenoxy) is 1. The summed E-state index contributed by atoms with van der Waals surface area (Å²) in [6, 6.07) is 7.59. The zero-order chi connectivity index (χ0) is 14.3. The molecule has 0 saturated carbocycles. The number of nitrogens with one attached hydrogen (secondary N) is 1. The normalized spacial score (nSPS) is 13.9. The summed E-state index contributed by atoms with van der Waals surface area (Å²) in [5, 5.41) is 3.92. The van der Waals surface area contributed by atoms with E-state index in [0.717, 1.165) is 11.4 Å². The van der Waals surface area contributed by atoms with Crippen LogP contribution in [0.4, 0.5) is 0 Å². The second-order valence-corrected chi connectivity index (χ2v) is 5.81. The quantitative estimate of drug-likeness (QED) is 0.619. The Labute approximate surface area is 124 Å². The highest BCUT2D eigenvalue weighted by Gasteiger charge is 2.33. The molecule has 106 valence electrons. The molecule has 0 radical (unpaired) electrons. The molecule has 0 fully saturated rings. The smallest absolute Gasteiger partial charge is 0.326 e. The van der Waals surface area contributed by atoms with Gasteiger partial charge in [-0.15, -0.1) is 11.8 Å². The van der Waals surface area contributed by atoms with Gasteiger partial charge in [0.25, 0.3) is 0 Å². The summed E-state index contributed by atoms with van der Waals surface area (Å²) in [5.74, 6) is 0.403. The Morgan fingerprint density at radius 1 is 1.37 bits per heavy atom. The third kappa shape index (κ3) is 5.05. The molecule has 0 heterocycles. The van der Waals surface area contributed by atoms with Gasteiger partial charge in [-0.2, -0.15) is 0 Å². The molecule has 0 aliphatic heterocycles. The fraction of sp³-hybridized carbons (Fsp3) is 0.500. The highest BCUT2D eigenvalue weighted by Crippen LogP contribution is 2.25. The van der Waals surface area contributed by atoms with Crippen molar-refractivity contribution in [3.63, 3.8) is 0 Å². The summed E-state index contributed by atoms with van der Waals surface area (Å²) in [4.78, 5) is 13.1. The molecule has 5 heteroatoms. The molecule has 0 aliphatic rings. The maximum absolute atomic E-state index is 12.0. The molecule has 1 aromatic carbocycles. The molecule has 0 amide bonds. The van der Waals surface area contributed by atoms with Crippen molar-refractivity contribution < 1.29 is 9.53 Å². The summed E-state index contributed by atoms with van der Waals surface area (Å²) >= 11 is 7.46. The van der Waals surface area contributed by atoms with Gasteiger partial charge in [0.05, 0.1) is 6.61 Å². The molecular formula is C14H20ClNO2S. The minimum absolute atomic E-state index is 0.210. The molecule has 1 N–H and O–H groups in total. The van der Waals surface area contributed by atoms with Crippen molar-refractivity contribution >= 4 is 29.3 Å². The highest BCUT2D eigenvalue weighted by atomic mass is 35.5. The Balaban J connectivity index is 2.67. The van der Waals surface area contributed by atoms with Crippen LogP contribution >= 0.6 is 23.4 Å². The molecule has 19 heavy (non-hydrogen) atoms. The van der Waals surface area contributed by atoms with Crippen LogP contribution in [0.25, 0.3) is 0 Å². The summed E-state index contributed by atoms with van der Waals surface area (Å²) < 4.78 is 5.13. The Morgan fingerprint density at radius 2 is 2.00 bits per heavy atom. The number of hydrogen-bond acceptors (Lipinski definition) is 4. The van der Waals surface area contributed by atoms with Gasteiger partial charge in [0.15, 0.2) is 0 Å². The van der Waals surface area contributed by atoms with Crippen molar-refractivity contribution in [1.82, 2.24) is 5.32 Å². The number of rotatable bonds is 7. The predicted octanol–water partition coefficient (Wildman–Crippen LogP) is 3.36. The average molecular weight is 302 g/mol. The molecule has 0 saturated heterocycles. The molecule has 1 aromatic rings. The van der Waals surface area contributed by atoms with E-state index < -0.39 is 5.54 Å². The number of halogens is 1. The van der Waals surface area contributed by atoms with E-state index in [2.05, 4.69) is 5.32 Å². The van der Waals surface area contributed by atoms with Gasteiger partial charge in [-0.05, 0) is 44.7 Å². The van der Waals surface area contributed by atoms with Crippen LogP contribution in [-0.2, 0) is 9.53 Å². The van der Waals surface area contributed by atoms with Crippen LogP contribution in [0.2, 0.25) is 5.02 Å². The van der Waals surface area contributed by atoms with Gasteiger partial charge in [-0.1, -0.05) is 18.5 Å². The molecule has 0 aromatic heterocycles. The molecule has 1 unspecified atom stereocenters. The summed E-state index contributed by atoms with van der Waals surface area (Å²) in [6.07, 6.45) is 0. The van der Waals surface area contributed by atoms with Crippen molar-refractivity contribution in [1.29, 1.82) is 0 Å². The van der Waals surface area contributed by atoms with Gasteiger partial charge in [-0.25, -0.2) is 0 Å². The highest BCUT2D eigenvalue weighted by molar-refractivity contribution is 7.99. The van der Waals surface area contributed by atoms with E-state index in [1.165, 1.54) is 0 Å². The van der Waals surface area contributed by atoms with E-state index in [9.17, 15) is 4.79 Å². The van der Waals surface area contributed by atoms with Gasteiger partial charge in [0.1, 0.15) is 5.54 Å². The second-order valence-electron chi connectivity index (χ2n) is 4.33. The third-order valence-corrected chi connectivity index (χ3v) is 4.21. The van der Waals surface area contributed by atoms with E-state index in [1.54, 1.807) is 11.8 Å². The van der Waals surface area contributed by atoms with Crippen LogP contribution in [0.1, 0.15) is 20.8 Å². The molecule has 0 bridgehead atoms. The van der Waals surface area contributed by atoms with Crippen molar-refractivity contribution in [2.24, 2.45) is 0 Å². The van der Waals surface area contributed by atoms with Crippen LogP contribution < -0.4 is 5.32 Å². The van der Waals surface area contributed by atoms with E-state index in [-0.39, 0.29) is 5.97 Å². The lowest BCUT2D eigenvalue weighted by atomic mass is 10.1. The lowest BCUT2D eigenvalue weighted by Crippen LogP contribution is -2.52. The van der Waals surface area contributed by atoms with Crippen molar-refractivity contribution in [2.45, 2.75) is 31.2 Å². The van der Waals surface area contributed by atoms with Crippen LogP contribution in [0.3, 0.4) is 0 Å². The first kappa shape index (κ1) is 16.3. The van der Waals surface area contributed by atoms with Gasteiger partial charge in [-0.3, -0.25) is 4.79 Å². The third-order valence-electron chi connectivity index (χ3n) is 2.63. The maximum Gasteiger partial charge on any atom is 0.326 e. The summed E-state index contributed by atoms with van der Waals surface area (Å²) in [6.45, 7) is 6.78. The van der Waals surface area contributed by atoms with E-state index in [0.29, 0.717) is 17.4 Å². The summed E-state index contributed by atoms with van der Waals surface area (Å²) in [5.41, 5.74) is -0.672. The molecule has 0 aliphatic carbocycles. The number of thioether (sulfide) groups is 1. The number of carbonyl (C=O) groups excluding carboxylic acids is 1. The number of likely N-dealkylation sites (N-methyl/N-ethyl adjacent to an activating group) is 1. The molecular weight excluding hydrogens is 282 g/mol. The van der Waals surface area contributed by atoms with Gasteiger partial charge < -0.3 is 10.1 Å². The maximum atomic E-state index is 12.0. The van der Waals surface area contributed by atoms with Crippen LogP contribution in [0, 0.1) is 0 Å².